The van der Waals surface area contributed by atoms with Gasteiger partial charge in [0.2, 0.25) is 5.91 Å². The second-order valence-electron chi connectivity index (χ2n) is 5.34. The molecule has 0 radical (unpaired) electrons. The van der Waals surface area contributed by atoms with Gasteiger partial charge in [0.25, 0.3) is 0 Å². The Hall–Kier alpha value is -0.710. The molecular formula is C11H21N3OS. The van der Waals surface area contributed by atoms with Crippen LogP contribution in [0.15, 0.2) is 4.99 Å². The fourth-order valence-electron chi connectivity index (χ4n) is 1.43. The Balaban J connectivity index is 2.61. The number of carbonyl (C=O) groups is 1. The van der Waals surface area contributed by atoms with E-state index in [9.17, 15) is 4.79 Å². The normalized spacial score (nSPS) is 21.4. The van der Waals surface area contributed by atoms with Crippen LogP contribution in [0.5, 0.6) is 0 Å². The Kier molecular flexibility index (Phi) is 4.24. The van der Waals surface area contributed by atoms with Gasteiger partial charge >= 0.3 is 0 Å². The van der Waals surface area contributed by atoms with Gasteiger partial charge in [-0.15, -0.1) is 0 Å². The lowest BCUT2D eigenvalue weighted by Crippen LogP contribution is -2.48. The van der Waals surface area contributed by atoms with Crippen molar-refractivity contribution in [2.24, 2.45) is 22.1 Å². The maximum Gasteiger partial charge on any atom is 0.240 e. The summed E-state index contributed by atoms with van der Waals surface area (Å²) < 4.78 is 0. The summed E-state index contributed by atoms with van der Waals surface area (Å²) in [4.78, 5) is 15.7. The lowest BCUT2D eigenvalue weighted by Gasteiger charge is -2.29. The molecule has 1 aliphatic heterocycles. The third kappa shape index (κ3) is 3.70. The van der Waals surface area contributed by atoms with Crippen LogP contribution in [0.2, 0.25) is 0 Å². The first-order valence-electron chi connectivity index (χ1n) is 5.55. The average Bonchev–Trinajstić information content (AvgIpc) is 2.15. The number of nitrogens with one attached hydrogen (secondary N) is 1. The van der Waals surface area contributed by atoms with Crippen molar-refractivity contribution in [3.8, 4) is 0 Å². The van der Waals surface area contributed by atoms with Gasteiger partial charge in [-0.2, -0.15) is 0 Å². The minimum atomic E-state index is -0.326. The summed E-state index contributed by atoms with van der Waals surface area (Å²) >= 11 is 1.66. The monoisotopic (exact) mass is 243 g/mol. The zero-order valence-corrected chi connectivity index (χ0v) is 11.2. The summed E-state index contributed by atoms with van der Waals surface area (Å²) in [5.41, 5.74) is 5.59. The third-order valence-corrected chi connectivity index (χ3v) is 3.95. The molecule has 92 valence electrons. The Morgan fingerprint density at radius 3 is 2.56 bits per heavy atom. The highest BCUT2D eigenvalue weighted by atomic mass is 32.2. The van der Waals surface area contributed by atoms with Crippen molar-refractivity contribution in [1.82, 2.24) is 5.32 Å². The van der Waals surface area contributed by atoms with Crippen molar-refractivity contribution < 1.29 is 4.79 Å². The molecule has 1 atom stereocenters. The van der Waals surface area contributed by atoms with Gasteiger partial charge in [0, 0.05) is 12.3 Å². The minimum Gasteiger partial charge on any atom is -0.368 e. The van der Waals surface area contributed by atoms with E-state index in [-0.39, 0.29) is 23.3 Å². The Labute approximate surface area is 101 Å². The fraction of sp³-hybridized carbons (Fsp3) is 0.818. The topological polar surface area (TPSA) is 67.5 Å². The Morgan fingerprint density at radius 1 is 1.56 bits per heavy atom. The summed E-state index contributed by atoms with van der Waals surface area (Å²) in [5, 5.41) is 3.98. The lowest BCUT2D eigenvalue weighted by molar-refractivity contribution is -0.120. The molecule has 0 aromatic carbocycles. The van der Waals surface area contributed by atoms with Crippen LogP contribution in [0.25, 0.3) is 0 Å². The Bertz CT molecular complexity index is 300. The lowest BCUT2D eigenvalue weighted by atomic mass is 9.97. The van der Waals surface area contributed by atoms with Gasteiger partial charge in [-0.3, -0.25) is 9.79 Å². The van der Waals surface area contributed by atoms with E-state index in [4.69, 9.17) is 5.73 Å². The molecule has 0 aliphatic carbocycles. The zero-order valence-electron chi connectivity index (χ0n) is 10.4. The van der Waals surface area contributed by atoms with E-state index in [0.29, 0.717) is 0 Å². The van der Waals surface area contributed by atoms with Gasteiger partial charge in [-0.25, -0.2) is 0 Å². The maximum atomic E-state index is 11.2. The molecule has 5 heteroatoms. The first kappa shape index (κ1) is 13.4. The van der Waals surface area contributed by atoms with Crippen LogP contribution in [0, 0.1) is 11.3 Å². The Morgan fingerprint density at radius 2 is 2.19 bits per heavy atom. The molecule has 1 rings (SSSR count). The molecule has 0 bridgehead atoms. The highest BCUT2D eigenvalue weighted by Crippen LogP contribution is 2.27. The second kappa shape index (κ2) is 5.08. The van der Waals surface area contributed by atoms with Crippen LogP contribution in [0.4, 0.5) is 0 Å². The largest absolute Gasteiger partial charge is 0.368 e. The number of aliphatic imine (C=N–C) groups is 1. The number of carbonyl (C=O) groups excluding carboxylic acids is 1. The first-order chi connectivity index (χ1) is 7.32. The summed E-state index contributed by atoms with van der Waals surface area (Å²) in [5.74, 6) is 0.876. The number of hydrogen-bond acceptors (Lipinski definition) is 4. The minimum absolute atomic E-state index is 0.177. The molecule has 0 aromatic rings. The number of nitrogens with zero attached hydrogens (tertiary/aromatic N) is 1. The predicted octanol–water partition coefficient (Wildman–Crippen LogP) is 1.21. The van der Waals surface area contributed by atoms with Crippen molar-refractivity contribution in [3.63, 3.8) is 0 Å². The predicted molar refractivity (Wildman–Crippen MR) is 69.5 cm³/mol. The fourth-order valence-corrected chi connectivity index (χ4v) is 2.41. The summed E-state index contributed by atoms with van der Waals surface area (Å²) in [6.07, 6.45) is 0. The highest BCUT2D eigenvalue weighted by Gasteiger charge is 2.26. The van der Waals surface area contributed by atoms with E-state index in [1.807, 2.05) is 13.8 Å². The molecule has 1 aliphatic rings. The molecule has 4 nitrogen and oxygen atoms in total. The molecule has 1 unspecified atom stereocenters. The number of amidine groups is 1. The molecular weight excluding hydrogens is 222 g/mol. The van der Waals surface area contributed by atoms with Crippen molar-refractivity contribution in [2.75, 3.05) is 12.3 Å². The SMILES string of the molecule is CC(C)C(NC1=NCC(C)(C)CS1)C(N)=O. The quantitative estimate of drug-likeness (QED) is 0.783. The van der Waals surface area contributed by atoms with Crippen molar-refractivity contribution in [2.45, 2.75) is 33.7 Å². The van der Waals surface area contributed by atoms with Gasteiger partial charge < -0.3 is 11.1 Å². The van der Waals surface area contributed by atoms with E-state index >= 15 is 0 Å². The molecule has 0 fully saturated rings. The molecule has 16 heavy (non-hydrogen) atoms. The number of hydrogen-bond donors (Lipinski definition) is 2. The molecule has 0 aromatic heterocycles. The van der Waals surface area contributed by atoms with E-state index in [0.717, 1.165) is 17.5 Å². The number of amides is 1. The highest BCUT2D eigenvalue weighted by molar-refractivity contribution is 8.13. The van der Waals surface area contributed by atoms with Gasteiger partial charge in [0.1, 0.15) is 6.04 Å². The van der Waals surface area contributed by atoms with Crippen LogP contribution in [0.1, 0.15) is 27.7 Å². The van der Waals surface area contributed by atoms with E-state index in [1.165, 1.54) is 0 Å². The molecule has 3 N–H and O–H groups in total. The number of primary amides is 1. The third-order valence-electron chi connectivity index (χ3n) is 2.50. The van der Waals surface area contributed by atoms with Crippen LogP contribution in [-0.4, -0.2) is 29.4 Å². The molecule has 0 saturated carbocycles. The molecule has 0 spiro atoms. The van der Waals surface area contributed by atoms with Gasteiger partial charge in [-0.05, 0) is 11.3 Å². The standard InChI is InChI=1S/C11H21N3OS/c1-7(2)8(9(12)15)14-10-13-5-11(3,4)6-16-10/h7-8H,5-6H2,1-4H3,(H2,12,15)(H,13,14). The molecule has 1 heterocycles. The number of rotatable bonds is 3. The number of thioether (sulfide) groups is 1. The zero-order chi connectivity index (χ0) is 12.3. The van der Waals surface area contributed by atoms with Crippen LogP contribution in [0.3, 0.4) is 0 Å². The summed E-state index contributed by atoms with van der Waals surface area (Å²) in [6, 6.07) is -0.326. The van der Waals surface area contributed by atoms with E-state index in [2.05, 4.69) is 24.2 Å². The molecule has 0 saturated heterocycles. The van der Waals surface area contributed by atoms with E-state index < -0.39 is 0 Å². The van der Waals surface area contributed by atoms with Crippen molar-refractivity contribution in [1.29, 1.82) is 0 Å². The maximum absolute atomic E-state index is 11.2. The summed E-state index contributed by atoms with van der Waals surface area (Å²) in [6.45, 7) is 9.12. The van der Waals surface area contributed by atoms with Crippen molar-refractivity contribution >= 4 is 22.8 Å². The first-order valence-corrected chi connectivity index (χ1v) is 6.53. The molecule has 1 amide bonds. The van der Waals surface area contributed by atoms with Crippen LogP contribution < -0.4 is 11.1 Å². The van der Waals surface area contributed by atoms with Crippen molar-refractivity contribution in [3.05, 3.63) is 0 Å². The van der Waals surface area contributed by atoms with Crippen LogP contribution >= 0.6 is 11.8 Å². The number of nitrogens with two attached hydrogens (primary N) is 1. The summed E-state index contributed by atoms with van der Waals surface area (Å²) in [7, 11) is 0. The smallest absolute Gasteiger partial charge is 0.240 e. The van der Waals surface area contributed by atoms with Gasteiger partial charge in [0.05, 0.1) is 0 Å². The van der Waals surface area contributed by atoms with Gasteiger partial charge in [0.15, 0.2) is 5.17 Å². The van der Waals surface area contributed by atoms with Gasteiger partial charge in [-0.1, -0.05) is 39.5 Å². The second-order valence-corrected chi connectivity index (χ2v) is 6.31. The van der Waals surface area contributed by atoms with Crippen LogP contribution in [-0.2, 0) is 4.79 Å². The average molecular weight is 243 g/mol. The van der Waals surface area contributed by atoms with E-state index in [1.54, 1.807) is 11.8 Å².